The summed E-state index contributed by atoms with van der Waals surface area (Å²) >= 11 is 6.87. The molecule has 13 heteroatoms. The highest BCUT2D eigenvalue weighted by molar-refractivity contribution is 7.93. The lowest BCUT2D eigenvalue weighted by atomic mass is 10.1. The molecule has 0 saturated carbocycles. The Morgan fingerprint density at radius 1 is 1.29 bits per heavy atom. The molecule has 156 valence electrons. The van der Waals surface area contributed by atoms with Gasteiger partial charge in [-0.1, -0.05) is 11.6 Å². The van der Waals surface area contributed by atoms with Gasteiger partial charge in [-0.15, -0.1) is 0 Å². The van der Waals surface area contributed by atoms with Crippen molar-refractivity contribution in [1.29, 1.82) is 5.26 Å². The number of aromatic amines is 1. The summed E-state index contributed by atoms with van der Waals surface area (Å²) in [4.78, 5) is 3.26. The highest BCUT2D eigenvalue weighted by Crippen LogP contribution is 2.38. The molecule has 0 aliphatic heterocycles. The van der Waals surface area contributed by atoms with E-state index < -0.39 is 26.5 Å². The molecule has 31 heavy (non-hydrogen) atoms. The zero-order valence-corrected chi connectivity index (χ0v) is 17.6. The number of aromatic nitrogens is 4. The van der Waals surface area contributed by atoms with Crippen molar-refractivity contribution in [3.63, 3.8) is 0 Å². The third kappa shape index (κ3) is 4.33. The Morgan fingerprint density at radius 3 is 2.81 bits per heavy atom. The SMILES string of the molecule is N#Cc1cc(S(=O)(=O)Nc2ncns2)cc(F)c1Oc1ccc(Cl)cc1-c1cn[nH]c1. The molecule has 0 aliphatic rings. The van der Waals surface area contributed by atoms with Gasteiger partial charge in [0.15, 0.2) is 11.6 Å². The zero-order chi connectivity index (χ0) is 22.0. The van der Waals surface area contributed by atoms with Gasteiger partial charge in [-0.3, -0.25) is 9.82 Å². The average Bonchev–Trinajstić information content (AvgIpc) is 3.44. The summed E-state index contributed by atoms with van der Waals surface area (Å²) in [6.07, 6.45) is 4.29. The summed E-state index contributed by atoms with van der Waals surface area (Å²) in [5, 5.41) is 16.4. The predicted octanol–water partition coefficient (Wildman–Crippen LogP) is 4.19. The van der Waals surface area contributed by atoms with Gasteiger partial charge in [-0.05, 0) is 30.3 Å². The second-order valence-corrected chi connectivity index (χ2v) is 8.87. The minimum absolute atomic E-state index is 0.00478. The number of halogens is 2. The molecule has 0 atom stereocenters. The topological polar surface area (TPSA) is 134 Å². The van der Waals surface area contributed by atoms with E-state index in [0.717, 1.165) is 23.7 Å². The molecule has 4 aromatic rings. The van der Waals surface area contributed by atoms with Crippen LogP contribution >= 0.6 is 23.1 Å². The first-order valence-electron chi connectivity index (χ1n) is 8.37. The van der Waals surface area contributed by atoms with Crippen LogP contribution in [0, 0.1) is 17.1 Å². The van der Waals surface area contributed by atoms with Crippen molar-refractivity contribution in [2.75, 3.05) is 4.72 Å². The molecule has 0 aliphatic carbocycles. The summed E-state index contributed by atoms with van der Waals surface area (Å²) < 4.78 is 51.5. The first-order valence-corrected chi connectivity index (χ1v) is 11.0. The van der Waals surface area contributed by atoms with Crippen molar-refractivity contribution in [3.05, 3.63) is 65.5 Å². The Kier molecular flexibility index (Phi) is 5.55. The van der Waals surface area contributed by atoms with Crippen molar-refractivity contribution >= 4 is 38.3 Å². The van der Waals surface area contributed by atoms with Gasteiger partial charge in [0.1, 0.15) is 18.1 Å². The molecule has 4 rings (SSSR count). The second-order valence-electron chi connectivity index (χ2n) is 5.98. The van der Waals surface area contributed by atoms with Crippen LogP contribution in [0.4, 0.5) is 9.52 Å². The molecular formula is C18H10ClFN6O3S2. The third-order valence-corrected chi connectivity index (χ3v) is 6.26. The zero-order valence-electron chi connectivity index (χ0n) is 15.2. The minimum atomic E-state index is -4.20. The summed E-state index contributed by atoms with van der Waals surface area (Å²) in [7, 11) is -4.20. The van der Waals surface area contributed by atoms with Crippen LogP contribution in [0.15, 0.2) is 53.9 Å². The Hall–Kier alpha value is -3.53. The maximum absolute atomic E-state index is 14.9. The standard InChI is InChI=1S/C18H10ClFN6O3S2/c19-12-1-2-16(14(4-12)11-7-23-24-8-11)29-17-10(6-21)3-13(5-15(17)20)31(27,28)26-18-22-9-25-30-18/h1-5,7-9H,(H,23,24)(H,22,25,26). The quantitative estimate of drug-likeness (QED) is 0.426. The molecule has 0 unspecified atom stereocenters. The summed E-state index contributed by atoms with van der Waals surface area (Å²) in [5.74, 6) is -1.27. The van der Waals surface area contributed by atoms with Crippen molar-refractivity contribution < 1.29 is 17.5 Å². The third-order valence-electron chi connectivity index (χ3n) is 3.99. The molecule has 2 heterocycles. The van der Waals surface area contributed by atoms with Gasteiger partial charge in [-0.2, -0.15) is 14.7 Å². The molecule has 0 saturated heterocycles. The first-order chi connectivity index (χ1) is 14.9. The highest BCUT2D eigenvalue weighted by atomic mass is 35.5. The van der Waals surface area contributed by atoms with Crippen molar-refractivity contribution in [3.8, 4) is 28.7 Å². The molecule has 2 aromatic heterocycles. The van der Waals surface area contributed by atoms with Crippen LogP contribution in [0.1, 0.15) is 5.56 Å². The van der Waals surface area contributed by atoms with Crippen LogP contribution in [-0.2, 0) is 10.0 Å². The molecule has 0 amide bonds. The fourth-order valence-electron chi connectivity index (χ4n) is 2.63. The summed E-state index contributed by atoms with van der Waals surface area (Å²) in [6, 6.07) is 8.17. The van der Waals surface area contributed by atoms with Crippen LogP contribution in [0.3, 0.4) is 0 Å². The van der Waals surface area contributed by atoms with Gasteiger partial charge in [0, 0.05) is 33.9 Å². The van der Waals surface area contributed by atoms with E-state index in [0.29, 0.717) is 16.1 Å². The molecule has 2 N–H and O–H groups in total. The summed E-state index contributed by atoms with van der Waals surface area (Å²) in [6.45, 7) is 0. The smallest absolute Gasteiger partial charge is 0.263 e. The fourth-order valence-corrected chi connectivity index (χ4v) is 4.50. The monoisotopic (exact) mass is 476 g/mol. The maximum Gasteiger partial charge on any atom is 0.263 e. The lowest BCUT2D eigenvalue weighted by molar-refractivity contribution is 0.440. The number of rotatable bonds is 6. The van der Waals surface area contributed by atoms with Gasteiger partial charge in [0.2, 0.25) is 5.13 Å². The largest absolute Gasteiger partial charge is 0.452 e. The van der Waals surface area contributed by atoms with Crippen LogP contribution in [-0.4, -0.2) is 28.0 Å². The van der Waals surface area contributed by atoms with Gasteiger partial charge in [-0.25, -0.2) is 17.8 Å². The van der Waals surface area contributed by atoms with Gasteiger partial charge >= 0.3 is 0 Å². The number of nitrogens with one attached hydrogen (secondary N) is 2. The number of nitrogens with zero attached hydrogens (tertiary/aromatic N) is 4. The number of hydrogen-bond donors (Lipinski definition) is 2. The number of H-pyrrole nitrogens is 1. The van der Waals surface area contributed by atoms with Gasteiger partial charge in [0.25, 0.3) is 10.0 Å². The van der Waals surface area contributed by atoms with Crippen LogP contribution in [0.5, 0.6) is 11.5 Å². The normalized spacial score (nSPS) is 11.1. The number of anilines is 1. The number of sulfonamides is 1. The number of ether oxygens (including phenoxy) is 1. The number of hydrogen-bond acceptors (Lipinski definition) is 8. The van der Waals surface area contributed by atoms with E-state index in [2.05, 4.69) is 24.3 Å². The Morgan fingerprint density at radius 2 is 2.13 bits per heavy atom. The van der Waals surface area contributed by atoms with E-state index in [9.17, 15) is 18.1 Å². The lowest BCUT2D eigenvalue weighted by Gasteiger charge is -2.14. The van der Waals surface area contributed by atoms with Gasteiger partial charge in [0.05, 0.1) is 16.7 Å². The highest BCUT2D eigenvalue weighted by Gasteiger charge is 2.23. The molecule has 9 nitrogen and oxygen atoms in total. The average molecular weight is 477 g/mol. The lowest BCUT2D eigenvalue weighted by Crippen LogP contribution is -2.13. The second kappa shape index (κ2) is 8.31. The van der Waals surface area contributed by atoms with Crippen molar-refractivity contribution in [2.45, 2.75) is 4.90 Å². The maximum atomic E-state index is 14.9. The Balaban J connectivity index is 1.74. The van der Waals surface area contributed by atoms with Gasteiger partial charge < -0.3 is 4.74 Å². The first kappa shape index (κ1) is 20.7. The molecule has 0 bridgehead atoms. The van der Waals surface area contributed by atoms with Crippen LogP contribution in [0.25, 0.3) is 11.1 Å². The number of benzene rings is 2. The van der Waals surface area contributed by atoms with E-state index in [1.54, 1.807) is 18.3 Å². The molecule has 2 aromatic carbocycles. The molecule has 0 spiro atoms. The van der Waals surface area contributed by atoms with E-state index in [1.165, 1.54) is 24.7 Å². The van der Waals surface area contributed by atoms with E-state index >= 15 is 0 Å². The van der Waals surface area contributed by atoms with E-state index in [1.807, 2.05) is 0 Å². The van der Waals surface area contributed by atoms with Crippen LogP contribution < -0.4 is 9.46 Å². The predicted molar refractivity (Wildman–Crippen MR) is 111 cm³/mol. The van der Waals surface area contributed by atoms with E-state index in [4.69, 9.17) is 16.3 Å². The molecule has 0 radical (unpaired) electrons. The van der Waals surface area contributed by atoms with E-state index in [-0.39, 0.29) is 16.4 Å². The van der Waals surface area contributed by atoms with Crippen molar-refractivity contribution in [1.82, 2.24) is 19.6 Å². The minimum Gasteiger partial charge on any atom is -0.452 e. The Labute approximate surface area is 184 Å². The van der Waals surface area contributed by atoms with Crippen LogP contribution in [0.2, 0.25) is 5.02 Å². The number of nitriles is 1. The summed E-state index contributed by atoms with van der Waals surface area (Å²) in [5.41, 5.74) is 0.807. The fraction of sp³-hybridized carbons (Fsp3) is 0. The Bertz CT molecular complexity index is 1390. The molecular weight excluding hydrogens is 467 g/mol. The van der Waals surface area contributed by atoms with Crippen molar-refractivity contribution in [2.24, 2.45) is 0 Å². The molecule has 0 fully saturated rings.